The molecule has 182 valence electrons. The van der Waals surface area contributed by atoms with Gasteiger partial charge in [-0.25, -0.2) is 0 Å². The van der Waals surface area contributed by atoms with Gasteiger partial charge in [-0.2, -0.15) is 0 Å². The molecule has 1 N–H and O–H groups in total. The molecule has 3 rings (SSSR count). The van der Waals surface area contributed by atoms with Gasteiger partial charge in [-0.15, -0.1) is 0 Å². The van der Waals surface area contributed by atoms with E-state index < -0.39 is 17.7 Å². The topological polar surface area (TPSA) is 97.8 Å². The van der Waals surface area contributed by atoms with Crippen molar-refractivity contribution < 1.29 is 33.6 Å². The molecule has 34 heavy (non-hydrogen) atoms. The number of nitrogens with zero attached hydrogens (tertiary/aromatic N) is 2. The Kier molecular flexibility index (Phi) is 7.68. The second kappa shape index (κ2) is 10.5. The highest BCUT2D eigenvalue weighted by Gasteiger charge is 2.46. The van der Waals surface area contributed by atoms with Gasteiger partial charge in [0.15, 0.2) is 11.5 Å². The summed E-state index contributed by atoms with van der Waals surface area (Å²) >= 11 is 0. The first-order valence-corrected chi connectivity index (χ1v) is 10.6. The largest absolute Gasteiger partial charge is 0.507 e. The number of likely N-dealkylation sites (N-methyl/N-ethyl adjacent to an activating group) is 1. The zero-order valence-corrected chi connectivity index (χ0v) is 20.2. The molecule has 2 aromatic rings. The van der Waals surface area contributed by atoms with Gasteiger partial charge in [-0.1, -0.05) is 0 Å². The molecule has 0 spiro atoms. The molecule has 1 fully saturated rings. The molecule has 1 saturated heterocycles. The van der Waals surface area contributed by atoms with Crippen molar-refractivity contribution >= 4 is 17.4 Å². The average molecular weight is 471 g/mol. The number of ether oxygens (including phenoxy) is 4. The summed E-state index contributed by atoms with van der Waals surface area (Å²) in [6, 6.07) is 9.12. The summed E-state index contributed by atoms with van der Waals surface area (Å²) in [7, 11) is 9.76. The molecule has 0 saturated carbocycles. The van der Waals surface area contributed by atoms with Crippen molar-refractivity contribution in [2.75, 3.05) is 55.6 Å². The van der Waals surface area contributed by atoms with Gasteiger partial charge in [0.1, 0.15) is 11.5 Å². The number of rotatable bonds is 9. The average Bonchev–Trinajstić information content (AvgIpc) is 3.10. The van der Waals surface area contributed by atoms with E-state index in [1.807, 2.05) is 19.0 Å². The molecule has 9 nitrogen and oxygen atoms in total. The molecule has 1 aliphatic heterocycles. The maximum absolute atomic E-state index is 13.2. The van der Waals surface area contributed by atoms with Crippen LogP contribution in [0, 0.1) is 0 Å². The van der Waals surface area contributed by atoms with Gasteiger partial charge in [-0.3, -0.25) is 9.59 Å². The Morgan fingerprint density at radius 1 is 0.941 bits per heavy atom. The van der Waals surface area contributed by atoms with Crippen LogP contribution >= 0.6 is 0 Å². The number of Topliss-reactive ketones (excluding diaryl/α,β-unsaturated/α-hetero) is 1. The first-order valence-electron chi connectivity index (χ1n) is 10.6. The molecular weight excluding hydrogens is 440 g/mol. The van der Waals surface area contributed by atoms with Gasteiger partial charge >= 0.3 is 0 Å². The molecular formula is C25H30N2O7. The Labute approximate surface area is 199 Å². The molecule has 0 aliphatic carbocycles. The lowest BCUT2D eigenvalue weighted by molar-refractivity contribution is -0.140. The van der Waals surface area contributed by atoms with E-state index in [1.165, 1.54) is 33.3 Å². The third-order valence-electron chi connectivity index (χ3n) is 5.69. The highest BCUT2D eigenvalue weighted by atomic mass is 16.5. The number of carbonyl (C=O) groups is 2. The van der Waals surface area contributed by atoms with E-state index in [-0.39, 0.29) is 17.9 Å². The van der Waals surface area contributed by atoms with Gasteiger partial charge in [0.05, 0.1) is 40.1 Å². The number of benzene rings is 2. The third-order valence-corrected chi connectivity index (χ3v) is 5.69. The van der Waals surface area contributed by atoms with E-state index in [0.29, 0.717) is 40.7 Å². The predicted octanol–water partition coefficient (Wildman–Crippen LogP) is 2.70. The summed E-state index contributed by atoms with van der Waals surface area (Å²) in [6.45, 7) is 0.800. The number of amides is 1. The molecule has 0 bridgehead atoms. The summed E-state index contributed by atoms with van der Waals surface area (Å²) in [6.07, 6.45) is 0. The lowest BCUT2D eigenvalue weighted by Crippen LogP contribution is -2.35. The van der Waals surface area contributed by atoms with Crippen LogP contribution in [0.25, 0.3) is 5.76 Å². The number of hydrogen-bond acceptors (Lipinski definition) is 8. The Hall–Kier alpha value is -3.72. The quantitative estimate of drug-likeness (QED) is 0.339. The molecule has 9 heteroatoms. The maximum Gasteiger partial charge on any atom is 0.295 e. The normalized spacial score (nSPS) is 17.3. The summed E-state index contributed by atoms with van der Waals surface area (Å²) in [5.41, 5.74) is 0.926. The fraction of sp³-hybridized carbons (Fsp3) is 0.360. The van der Waals surface area contributed by atoms with Crippen LogP contribution in [0.3, 0.4) is 0 Å². The van der Waals surface area contributed by atoms with Crippen LogP contribution in [0.15, 0.2) is 42.0 Å². The van der Waals surface area contributed by atoms with E-state index in [1.54, 1.807) is 36.4 Å². The van der Waals surface area contributed by atoms with Crippen LogP contribution in [0.5, 0.6) is 23.0 Å². The van der Waals surface area contributed by atoms with E-state index >= 15 is 0 Å². The van der Waals surface area contributed by atoms with Crippen LogP contribution in [0.1, 0.15) is 17.2 Å². The predicted molar refractivity (Wildman–Crippen MR) is 127 cm³/mol. The van der Waals surface area contributed by atoms with Crippen LogP contribution in [-0.2, 0) is 9.59 Å². The summed E-state index contributed by atoms with van der Waals surface area (Å²) < 4.78 is 21.5. The number of methoxy groups -OCH3 is 4. The first kappa shape index (κ1) is 24.9. The number of aliphatic hydroxyl groups excluding tert-OH is 1. The highest BCUT2D eigenvalue weighted by Crippen LogP contribution is 2.45. The summed E-state index contributed by atoms with van der Waals surface area (Å²) in [5, 5.41) is 11.2. The minimum atomic E-state index is -0.851. The number of hydrogen-bond donors (Lipinski definition) is 1. The molecule has 2 aromatic carbocycles. The van der Waals surface area contributed by atoms with Crippen molar-refractivity contribution in [1.82, 2.24) is 9.80 Å². The fourth-order valence-electron chi connectivity index (χ4n) is 3.93. The molecule has 1 aliphatic rings. The van der Waals surface area contributed by atoms with Gasteiger partial charge < -0.3 is 33.9 Å². The van der Waals surface area contributed by atoms with Crippen LogP contribution in [0.4, 0.5) is 0 Å². The van der Waals surface area contributed by atoms with E-state index in [9.17, 15) is 14.7 Å². The lowest BCUT2D eigenvalue weighted by Gasteiger charge is -2.27. The van der Waals surface area contributed by atoms with Gasteiger partial charge in [0.2, 0.25) is 5.75 Å². The minimum absolute atomic E-state index is 0.0109. The standard InChI is InChI=1S/C25H30N2O7/c1-26(2)11-12-27-21(16-13-18(32-4)24(34-6)19(14-16)33-5)20(23(29)25(27)30)22(28)15-7-9-17(31-3)10-8-15/h7-10,13-14,21,28H,11-12H2,1-6H3. The van der Waals surface area contributed by atoms with Gasteiger partial charge in [-0.05, 0) is 56.1 Å². The Bertz CT molecular complexity index is 1070. The van der Waals surface area contributed by atoms with Gasteiger partial charge in [0.25, 0.3) is 11.7 Å². The summed E-state index contributed by atoms with van der Waals surface area (Å²) in [5.74, 6) is 0.0193. The fourth-order valence-corrected chi connectivity index (χ4v) is 3.93. The third kappa shape index (κ3) is 4.65. The Balaban J connectivity index is 2.23. The maximum atomic E-state index is 13.2. The van der Waals surface area contributed by atoms with Crippen LogP contribution in [0.2, 0.25) is 0 Å². The Morgan fingerprint density at radius 2 is 1.53 bits per heavy atom. The first-order chi connectivity index (χ1) is 16.3. The zero-order chi connectivity index (χ0) is 25.0. The SMILES string of the molecule is COc1ccc(C(O)=C2C(=O)C(=O)N(CCN(C)C)C2c2cc(OC)c(OC)c(OC)c2)cc1. The monoisotopic (exact) mass is 470 g/mol. The molecule has 0 radical (unpaired) electrons. The molecule has 1 amide bonds. The minimum Gasteiger partial charge on any atom is -0.507 e. The molecule has 1 atom stereocenters. The van der Waals surface area contributed by atoms with E-state index in [4.69, 9.17) is 18.9 Å². The number of carbonyl (C=O) groups excluding carboxylic acids is 2. The molecule has 1 unspecified atom stereocenters. The second-order valence-electron chi connectivity index (χ2n) is 7.98. The smallest absolute Gasteiger partial charge is 0.295 e. The Morgan fingerprint density at radius 3 is 2.00 bits per heavy atom. The van der Waals surface area contributed by atoms with Crippen molar-refractivity contribution in [3.63, 3.8) is 0 Å². The van der Waals surface area contributed by atoms with Gasteiger partial charge in [0, 0.05) is 18.7 Å². The molecule has 1 heterocycles. The van der Waals surface area contributed by atoms with Crippen molar-refractivity contribution in [1.29, 1.82) is 0 Å². The van der Waals surface area contributed by atoms with Crippen molar-refractivity contribution in [2.45, 2.75) is 6.04 Å². The van der Waals surface area contributed by atoms with E-state index in [2.05, 4.69) is 0 Å². The van der Waals surface area contributed by atoms with Crippen molar-refractivity contribution in [3.05, 3.63) is 53.1 Å². The summed E-state index contributed by atoms with van der Waals surface area (Å²) in [4.78, 5) is 29.6. The number of aliphatic hydroxyl groups is 1. The van der Waals surface area contributed by atoms with E-state index in [0.717, 1.165) is 0 Å². The van der Waals surface area contributed by atoms with Crippen molar-refractivity contribution in [2.24, 2.45) is 0 Å². The number of ketones is 1. The molecule has 0 aromatic heterocycles. The lowest BCUT2D eigenvalue weighted by atomic mass is 9.94. The zero-order valence-electron chi connectivity index (χ0n) is 20.2. The second-order valence-corrected chi connectivity index (χ2v) is 7.98. The van der Waals surface area contributed by atoms with Crippen LogP contribution < -0.4 is 18.9 Å². The number of likely N-dealkylation sites (tertiary alicyclic amines) is 1. The highest BCUT2D eigenvalue weighted by molar-refractivity contribution is 6.46. The van der Waals surface area contributed by atoms with Crippen LogP contribution in [-0.4, -0.2) is 82.2 Å². The van der Waals surface area contributed by atoms with Crippen molar-refractivity contribution in [3.8, 4) is 23.0 Å².